The van der Waals surface area contributed by atoms with Gasteiger partial charge in [-0.25, -0.2) is 9.59 Å². The SMILES string of the molecule is C=CC(=O)OC(OC(=O)C=C)C(O)COCC(COCC(C)O)OC(=O)C1CCC(C2CCC(CCC)CC2)CC1. The second kappa shape index (κ2) is 19.0. The average molecular weight is 583 g/mol. The third-order valence-corrected chi connectivity index (χ3v) is 8.01. The molecule has 0 saturated heterocycles. The van der Waals surface area contributed by atoms with Gasteiger partial charge in [0.15, 0.2) is 6.10 Å². The topological polar surface area (TPSA) is 138 Å². The molecule has 41 heavy (non-hydrogen) atoms. The van der Waals surface area contributed by atoms with Crippen molar-refractivity contribution in [3.63, 3.8) is 0 Å². The standard InChI is InChI=1S/C31H50O10/c1-5-8-22-9-11-23(12-10-22)24-13-15-25(16-14-24)30(36)39-26(18-37-17-21(4)32)19-38-20-27(33)31(40-28(34)6-2)41-29(35)7-3/h6-7,21-27,31-33H,2-3,5,8-20H2,1,4H3. The number of carbonyl (C=O) groups excluding carboxylic acids is 3. The van der Waals surface area contributed by atoms with E-state index in [1.54, 1.807) is 6.92 Å². The summed E-state index contributed by atoms with van der Waals surface area (Å²) in [7, 11) is 0. The van der Waals surface area contributed by atoms with Crippen molar-refractivity contribution in [2.24, 2.45) is 23.7 Å². The summed E-state index contributed by atoms with van der Waals surface area (Å²) in [5.41, 5.74) is 0. The molecule has 2 saturated carbocycles. The van der Waals surface area contributed by atoms with Crippen LogP contribution in [0.4, 0.5) is 0 Å². The van der Waals surface area contributed by atoms with Crippen molar-refractivity contribution in [3.8, 4) is 0 Å². The van der Waals surface area contributed by atoms with E-state index in [9.17, 15) is 24.6 Å². The monoisotopic (exact) mass is 582 g/mol. The molecule has 2 aliphatic carbocycles. The molecule has 0 aromatic heterocycles. The molecule has 10 heteroatoms. The van der Waals surface area contributed by atoms with Gasteiger partial charge in [-0.1, -0.05) is 45.8 Å². The summed E-state index contributed by atoms with van der Waals surface area (Å²) in [6, 6.07) is 0. The number of esters is 3. The van der Waals surface area contributed by atoms with E-state index >= 15 is 0 Å². The van der Waals surface area contributed by atoms with Crippen LogP contribution in [0.5, 0.6) is 0 Å². The molecule has 2 fully saturated rings. The molecular weight excluding hydrogens is 532 g/mol. The van der Waals surface area contributed by atoms with Gasteiger partial charge in [-0.05, 0) is 63.2 Å². The van der Waals surface area contributed by atoms with Gasteiger partial charge in [0.25, 0.3) is 6.29 Å². The normalized spacial score (nSPS) is 25.0. The number of rotatable bonds is 18. The molecule has 0 bridgehead atoms. The number of aliphatic hydroxyl groups is 2. The van der Waals surface area contributed by atoms with Crippen LogP contribution in [0.2, 0.25) is 0 Å². The second-order valence-electron chi connectivity index (χ2n) is 11.4. The first-order chi connectivity index (χ1) is 19.7. The number of hydrogen-bond acceptors (Lipinski definition) is 10. The zero-order chi connectivity index (χ0) is 30.2. The van der Waals surface area contributed by atoms with E-state index in [1.165, 1.54) is 38.5 Å². The lowest BCUT2D eigenvalue weighted by Gasteiger charge is -2.37. The van der Waals surface area contributed by atoms with Crippen molar-refractivity contribution in [1.82, 2.24) is 0 Å². The predicted octanol–water partition coefficient (Wildman–Crippen LogP) is 3.87. The van der Waals surface area contributed by atoms with Crippen LogP contribution >= 0.6 is 0 Å². The van der Waals surface area contributed by atoms with Crippen molar-refractivity contribution in [3.05, 3.63) is 25.3 Å². The molecule has 2 rings (SSSR count). The van der Waals surface area contributed by atoms with Gasteiger partial charge in [0.05, 0.1) is 38.4 Å². The number of carbonyl (C=O) groups is 3. The van der Waals surface area contributed by atoms with Gasteiger partial charge in [0, 0.05) is 12.2 Å². The van der Waals surface area contributed by atoms with Crippen LogP contribution in [-0.4, -0.2) is 79.2 Å². The summed E-state index contributed by atoms with van der Waals surface area (Å²) in [6.45, 7) is 9.91. The van der Waals surface area contributed by atoms with Crippen molar-refractivity contribution in [2.45, 2.75) is 103 Å². The molecule has 2 N–H and O–H groups in total. The second-order valence-corrected chi connectivity index (χ2v) is 11.4. The fourth-order valence-electron chi connectivity index (χ4n) is 5.83. The van der Waals surface area contributed by atoms with Gasteiger partial charge in [0.1, 0.15) is 6.10 Å². The Bertz CT molecular complexity index is 790. The Balaban J connectivity index is 1.85. The lowest BCUT2D eigenvalue weighted by molar-refractivity contribution is -0.207. The van der Waals surface area contributed by atoms with Gasteiger partial charge >= 0.3 is 17.9 Å². The zero-order valence-corrected chi connectivity index (χ0v) is 24.7. The minimum absolute atomic E-state index is 0.0105. The van der Waals surface area contributed by atoms with E-state index in [4.69, 9.17) is 23.7 Å². The first-order valence-corrected chi connectivity index (χ1v) is 15.0. The van der Waals surface area contributed by atoms with Crippen molar-refractivity contribution in [2.75, 3.05) is 26.4 Å². The molecule has 0 aromatic carbocycles. The fraction of sp³-hybridized carbons (Fsp3) is 0.774. The van der Waals surface area contributed by atoms with Gasteiger partial charge in [-0.2, -0.15) is 0 Å². The van der Waals surface area contributed by atoms with Crippen molar-refractivity contribution < 1.29 is 48.3 Å². The van der Waals surface area contributed by atoms with E-state index in [-0.39, 0.29) is 31.7 Å². The Morgan fingerprint density at radius 3 is 1.78 bits per heavy atom. The van der Waals surface area contributed by atoms with Crippen LogP contribution in [0.15, 0.2) is 25.3 Å². The zero-order valence-electron chi connectivity index (χ0n) is 24.7. The third-order valence-electron chi connectivity index (χ3n) is 8.01. The molecule has 0 amide bonds. The van der Waals surface area contributed by atoms with Gasteiger partial charge in [0.2, 0.25) is 0 Å². The molecule has 0 radical (unpaired) electrons. The largest absolute Gasteiger partial charge is 0.457 e. The highest BCUT2D eigenvalue weighted by atomic mass is 16.7. The first kappa shape index (κ1) is 34.9. The molecule has 0 heterocycles. The maximum atomic E-state index is 13.1. The molecule has 3 atom stereocenters. The van der Waals surface area contributed by atoms with E-state index in [2.05, 4.69) is 20.1 Å². The van der Waals surface area contributed by atoms with Crippen LogP contribution in [0.1, 0.15) is 78.1 Å². The van der Waals surface area contributed by atoms with Crippen LogP contribution in [0.3, 0.4) is 0 Å². The Morgan fingerprint density at radius 2 is 1.29 bits per heavy atom. The minimum atomic E-state index is -1.64. The predicted molar refractivity (Wildman–Crippen MR) is 151 cm³/mol. The summed E-state index contributed by atoms with van der Waals surface area (Å²) < 4.78 is 26.5. The summed E-state index contributed by atoms with van der Waals surface area (Å²) >= 11 is 0. The van der Waals surface area contributed by atoms with Crippen LogP contribution in [0.25, 0.3) is 0 Å². The molecule has 0 aliphatic heterocycles. The summed E-state index contributed by atoms with van der Waals surface area (Å²) in [4.78, 5) is 36.2. The smallest absolute Gasteiger partial charge is 0.333 e. The van der Waals surface area contributed by atoms with E-state index in [0.717, 1.165) is 49.7 Å². The van der Waals surface area contributed by atoms with E-state index in [0.29, 0.717) is 5.92 Å². The summed E-state index contributed by atoms with van der Waals surface area (Å²) in [5, 5.41) is 19.9. The minimum Gasteiger partial charge on any atom is -0.457 e. The fourth-order valence-corrected chi connectivity index (χ4v) is 5.83. The quantitative estimate of drug-likeness (QED) is 0.139. The molecule has 10 nitrogen and oxygen atoms in total. The molecule has 0 aromatic rings. The highest BCUT2D eigenvalue weighted by Crippen LogP contribution is 2.42. The Morgan fingerprint density at radius 1 is 0.780 bits per heavy atom. The summed E-state index contributed by atoms with van der Waals surface area (Å²) in [5.74, 6) is 0.0355. The molecule has 3 unspecified atom stereocenters. The van der Waals surface area contributed by atoms with Crippen molar-refractivity contribution in [1.29, 1.82) is 0 Å². The highest BCUT2D eigenvalue weighted by Gasteiger charge is 2.34. The maximum absolute atomic E-state index is 13.1. The number of aliphatic hydroxyl groups excluding tert-OH is 2. The molecule has 2 aliphatic rings. The first-order valence-electron chi connectivity index (χ1n) is 15.0. The summed E-state index contributed by atoms with van der Waals surface area (Å²) in [6.07, 6.45) is 8.60. The van der Waals surface area contributed by atoms with Crippen LogP contribution < -0.4 is 0 Å². The molecule has 0 spiro atoms. The Hall–Kier alpha value is -2.27. The van der Waals surface area contributed by atoms with E-state index in [1.807, 2.05) is 0 Å². The Kier molecular flexibility index (Phi) is 16.2. The molecular formula is C31H50O10. The number of hydrogen-bond donors (Lipinski definition) is 2. The van der Waals surface area contributed by atoms with Gasteiger partial charge < -0.3 is 33.9 Å². The van der Waals surface area contributed by atoms with Crippen LogP contribution in [-0.2, 0) is 38.1 Å². The van der Waals surface area contributed by atoms with E-state index < -0.39 is 43.1 Å². The van der Waals surface area contributed by atoms with Gasteiger partial charge in [-0.3, -0.25) is 4.79 Å². The lowest BCUT2D eigenvalue weighted by Crippen LogP contribution is -2.39. The highest BCUT2D eigenvalue weighted by molar-refractivity contribution is 5.83. The average Bonchev–Trinajstić information content (AvgIpc) is 2.96. The Labute approximate surface area is 244 Å². The number of ether oxygens (including phenoxy) is 5. The van der Waals surface area contributed by atoms with Crippen molar-refractivity contribution >= 4 is 17.9 Å². The maximum Gasteiger partial charge on any atom is 0.333 e. The molecule has 234 valence electrons. The van der Waals surface area contributed by atoms with Gasteiger partial charge in [-0.15, -0.1) is 0 Å². The third kappa shape index (κ3) is 13.1. The lowest BCUT2D eigenvalue weighted by atomic mass is 9.69. The van der Waals surface area contributed by atoms with Crippen LogP contribution in [0, 0.1) is 23.7 Å².